The van der Waals surface area contributed by atoms with Crippen LogP contribution in [0.2, 0.25) is 0 Å². The average molecular weight is 286 g/mol. The highest BCUT2D eigenvalue weighted by atomic mass is 19.4. The van der Waals surface area contributed by atoms with Gasteiger partial charge in [-0.15, -0.1) is 0 Å². The molecule has 1 aliphatic carbocycles. The second-order valence-corrected chi connectivity index (χ2v) is 4.68. The van der Waals surface area contributed by atoms with Crippen molar-refractivity contribution in [1.82, 2.24) is 10.9 Å². The van der Waals surface area contributed by atoms with Crippen molar-refractivity contribution in [2.45, 2.75) is 25.4 Å². The number of hydrogen-bond acceptors (Lipinski definition) is 2. The Kier molecular flexibility index (Phi) is 3.96. The van der Waals surface area contributed by atoms with Crippen LogP contribution in [0, 0.1) is 5.92 Å². The van der Waals surface area contributed by atoms with Gasteiger partial charge < -0.3 is 0 Å². The van der Waals surface area contributed by atoms with Crippen molar-refractivity contribution in [2.24, 2.45) is 5.92 Å². The Balaban J connectivity index is 1.83. The summed E-state index contributed by atoms with van der Waals surface area (Å²) in [6.45, 7) is 0. The standard InChI is InChI=1S/C13H13F3N2O2/c14-13(15,16)10-5-1-8(2-6-10)7-11(19)17-18-12(20)9-3-4-9/h1-2,5-6,9H,3-4,7H2,(H,17,19)(H,18,20). The number of benzene rings is 1. The molecule has 1 saturated carbocycles. The van der Waals surface area contributed by atoms with Crippen molar-refractivity contribution in [2.75, 3.05) is 0 Å². The van der Waals surface area contributed by atoms with E-state index >= 15 is 0 Å². The minimum atomic E-state index is -4.39. The maximum atomic E-state index is 12.3. The van der Waals surface area contributed by atoms with Gasteiger partial charge in [0, 0.05) is 5.92 Å². The van der Waals surface area contributed by atoms with Crippen molar-refractivity contribution in [3.63, 3.8) is 0 Å². The number of rotatable bonds is 3. The summed E-state index contributed by atoms with van der Waals surface area (Å²) in [5.74, 6) is -0.731. The van der Waals surface area contributed by atoms with Crippen molar-refractivity contribution in [3.8, 4) is 0 Å². The summed E-state index contributed by atoms with van der Waals surface area (Å²) < 4.78 is 37.0. The third-order valence-electron chi connectivity index (χ3n) is 2.92. The maximum absolute atomic E-state index is 12.3. The molecule has 1 aromatic rings. The zero-order chi connectivity index (χ0) is 14.8. The summed E-state index contributed by atoms with van der Waals surface area (Å²) in [4.78, 5) is 22.8. The van der Waals surface area contributed by atoms with E-state index in [4.69, 9.17) is 0 Å². The molecule has 1 aliphatic rings. The molecule has 4 nitrogen and oxygen atoms in total. The molecule has 1 fully saturated rings. The molecule has 0 saturated heterocycles. The molecule has 0 unspecified atom stereocenters. The summed E-state index contributed by atoms with van der Waals surface area (Å²) in [6, 6.07) is 4.33. The number of halogens is 3. The summed E-state index contributed by atoms with van der Waals surface area (Å²) in [5.41, 5.74) is 4.20. The van der Waals surface area contributed by atoms with Gasteiger partial charge in [0.15, 0.2) is 0 Å². The molecule has 1 aromatic carbocycles. The largest absolute Gasteiger partial charge is 0.416 e. The molecule has 2 amide bonds. The molecule has 0 heterocycles. The predicted octanol–water partition coefficient (Wildman–Crippen LogP) is 1.81. The highest BCUT2D eigenvalue weighted by Crippen LogP contribution is 2.29. The van der Waals surface area contributed by atoms with Crippen LogP contribution in [0.5, 0.6) is 0 Å². The van der Waals surface area contributed by atoms with E-state index in [2.05, 4.69) is 10.9 Å². The highest BCUT2D eigenvalue weighted by molar-refractivity contribution is 5.85. The summed E-state index contributed by atoms with van der Waals surface area (Å²) in [6.07, 6.45) is -2.84. The molecule has 0 aliphatic heterocycles. The minimum Gasteiger partial charge on any atom is -0.273 e. The van der Waals surface area contributed by atoms with Crippen molar-refractivity contribution < 1.29 is 22.8 Å². The first-order chi connectivity index (χ1) is 9.36. The lowest BCUT2D eigenvalue weighted by Crippen LogP contribution is -2.43. The normalized spacial score (nSPS) is 14.8. The lowest BCUT2D eigenvalue weighted by Gasteiger charge is -2.08. The van der Waals surface area contributed by atoms with Crippen molar-refractivity contribution in [3.05, 3.63) is 35.4 Å². The Morgan fingerprint density at radius 3 is 2.20 bits per heavy atom. The first-order valence-electron chi connectivity index (χ1n) is 6.11. The van der Waals surface area contributed by atoms with Gasteiger partial charge in [0.1, 0.15) is 0 Å². The van der Waals surface area contributed by atoms with Crippen LogP contribution in [0.15, 0.2) is 24.3 Å². The van der Waals surface area contributed by atoms with Crippen LogP contribution >= 0.6 is 0 Å². The summed E-state index contributed by atoms with van der Waals surface area (Å²) in [5, 5.41) is 0. The first kappa shape index (κ1) is 14.4. The number of carbonyl (C=O) groups is 2. The summed E-state index contributed by atoms with van der Waals surface area (Å²) in [7, 11) is 0. The van der Waals surface area contributed by atoms with Crippen LogP contribution in [0.25, 0.3) is 0 Å². The van der Waals surface area contributed by atoms with Crippen LogP contribution in [0.3, 0.4) is 0 Å². The van der Waals surface area contributed by atoms with E-state index in [1.54, 1.807) is 0 Å². The lowest BCUT2D eigenvalue weighted by atomic mass is 10.1. The van der Waals surface area contributed by atoms with Crippen LogP contribution < -0.4 is 10.9 Å². The topological polar surface area (TPSA) is 58.2 Å². The molecule has 0 aromatic heterocycles. The van der Waals surface area contributed by atoms with Crippen LogP contribution in [0.4, 0.5) is 13.2 Å². The van der Waals surface area contributed by atoms with Crippen LogP contribution in [-0.2, 0) is 22.2 Å². The molecule has 7 heteroatoms. The zero-order valence-corrected chi connectivity index (χ0v) is 10.5. The van der Waals surface area contributed by atoms with Crippen LogP contribution in [-0.4, -0.2) is 11.8 Å². The third-order valence-corrected chi connectivity index (χ3v) is 2.92. The number of alkyl halides is 3. The molecule has 0 atom stereocenters. The number of carbonyl (C=O) groups excluding carboxylic acids is 2. The zero-order valence-electron chi connectivity index (χ0n) is 10.5. The number of amides is 2. The van der Waals surface area contributed by atoms with Gasteiger partial charge in [-0.05, 0) is 30.5 Å². The molecular formula is C13H13F3N2O2. The van der Waals surface area contributed by atoms with E-state index in [1.165, 1.54) is 12.1 Å². The van der Waals surface area contributed by atoms with Gasteiger partial charge in [0.25, 0.3) is 0 Å². The molecule has 2 rings (SSSR count). The molecule has 0 bridgehead atoms. The van der Waals surface area contributed by atoms with Crippen molar-refractivity contribution >= 4 is 11.8 Å². The van der Waals surface area contributed by atoms with E-state index in [0.717, 1.165) is 25.0 Å². The van der Waals surface area contributed by atoms with E-state index < -0.39 is 17.6 Å². The number of hydrogen-bond donors (Lipinski definition) is 2. The fraction of sp³-hybridized carbons (Fsp3) is 0.385. The predicted molar refractivity (Wildman–Crippen MR) is 64.2 cm³/mol. The molecule has 2 N–H and O–H groups in total. The molecular weight excluding hydrogens is 273 g/mol. The molecule has 0 spiro atoms. The Morgan fingerprint density at radius 2 is 1.70 bits per heavy atom. The Hall–Kier alpha value is -2.05. The van der Waals surface area contributed by atoms with E-state index in [-0.39, 0.29) is 18.2 Å². The smallest absolute Gasteiger partial charge is 0.273 e. The van der Waals surface area contributed by atoms with Gasteiger partial charge in [-0.3, -0.25) is 20.4 Å². The Bertz CT molecular complexity index is 507. The van der Waals surface area contributed by atoms with Gasteiger partial charge in [0.05, 0.1) is 12.0 Å². The SMILES string of the molecule is O=C(Cc1ccc(C(F)(F)F)cc1)NNC(=O)C1CC1. The summed E-state index contributed by atoms with van der Waals surface area (Å²) >= 11 is 0. The van der Waals surface area contributed by atoms with E-state index in [1.807, 2.05) is 0 Å². The van der Waals surface area contributed by atoms with Gasteiger partial charge >= 0.3 is 6.18 Å². The third kappa shape index (κ3) is 3.97. The van der Waals surface area contributed by atoms with Gasteiger partial charge in [-0.2, -0.15) is 13.2 Å². The highest BCUT2D eigenvalue weighted by Gasteiger charge is 2.30. The second kappa shape index (κ2) is 5.52. The average Bonchev–Trinajstić information content (AvgIpc) is 3.20. The number of nitrogens with one attached hydrogen (secondary N) is 2. The quantitative estimate of drug-likeness (QED) is 0.833. The van der Waals surface area contributed by atoms with Crippen molar-refractivity contribution in [1.29, 1.82) is 0 Å². The van der Waals surface area contributed by atoms with Gasteiger partial charge in [-0.25, -0.2) is 0 Å². The number of hydrazine groups is 1. The lowest BCUT2D eigenvalue weighted by molar-refractivity contribution is -0.137. The fourth-order valence-electron chi connectivity index (χ4n) is 1.62. The molecule has 20 heavy (non-hydrogen) atoms. The van der Waals surface area contributed by atoms with Gasteiger partial charge in [-0.1, -0.05) is 12.1 Å². The van der Waals surface area contributed by atoms with Gasteiger partial charge in [0.2, 0.25) is 11.8 Å². The molecule has 0 radical (unpaired) electrons. The second-order valence-electron chi connectivity index (χ2n) is 4.68. The van der Waals surface area contributed by atoms with Crippen LogP contribution in [0.1, 0.15) is 24.0 Å². The van der Waals surface area contributed by atoms with E-state index in [0.29, 0.717) is 5.56 Å². The molecule has 108 valence electrons. The Morgan fingerprint density at radius 1 is 1.10 bits per heavy atom. The maximum Gasteiger partial charge on any atom is 0.416 e. The minimum absolute atomic E-state index is 0.0265. The Labute approximate surface area is 113 Å². The van der Waals surface area contributed by atoms with E-state index in [9.17, 15) is 22.8 Å². The first-order valence-corrected chi connectivity index (χ1v) is 6.11. The monoisotopic (exact) mass is 286 g/mol. The fourth-order valence-corrected chi connectivity index (χ4v) is 1.62.